The summed E-state index contributed by atoms with van der Waals surface area (Å²) in [5, 5.41) is 13.4. The molecule has 4 rings (SSSR count). The van der Waals surface area contributed by atoms with Gasteiger partial charge in [0, 0.05) is 10.4 Å². The van der Waals surface area contributed by atoms with E-state index in [-0.39, 0.29) is 6.04 Å². The number of benzene rings is 1. The monoisotopic (exact) mass is 302 g/mol. The van der Waals surface area contributed by atoms with Gasteiger partial charge in [0.05, 0.1) is 11.7 Å². The van der Waals surface area contributed by atoms with E-state index in [1.807, 2.05) is 24.3 Å². The second-order valence-corrected chi connectivity index (χ2v) is 6.39. The number of carboxylic acids is 1. The van der Waals surface area contributed by atoms with Gasteiger partial charge >= 0.3 is 5.97 Å². The van der Waals surface area contributed by atoms with E-state index in [9.17, 15) is 9.90 Å². The van der Waals surface area contributed by atoms with E-state index in [0.29, 0.717) is 13.0 Å². The van der Waals surface area contributed by atoms with Gasteiger partial charge in [-0.2, -0.15) is 0 Å². The first kappa shape index (κ1) is 12.6. The maximum atomic E-state index is 11.2. The number of ether oxygens (including phenoxy) is 1. The SMILES string of the molecule is O=C(O)C1CCc2sc(NC3COc4ccccc43)nc21. The second kappa shape index (κ2) is 4.73. The Morgan fingerprint density at radius 2 is 2.29 bits per heavy atom. The number of para-hydroxylation sites is 1. The van der Waals surface area contributed by atoms with Crippen molar-refractivity contribution in [2.45, 2.75) is 24.8 Å². The summed E-state index contributed by atoms with van der Waals surface area (Å²) in [6.45, 7) is 0.575. The molecule has 2 aliphatic rings. The number of nitrogens with zero attached hydrogens (tertiary/aromatic N) is 1. The van der Waals surface area contributed by atoms with Crippen molar-refractivity contribution in [1.82, 2.24) is 4.98 Å². The molecule has 0 amide bonds. The molecule has 0 radical (unpaired) electrons. The van der Waals surface area contributed by atoms with Gasteiger partial charge < -0.3 is 15.2 Å². The third-order valence-electron chi connectivity index (χ3n) is 4.01. The molecule has 0 saturated heterocycles. The van der Waals surface area contributed by atoms with E-state index in [2.05, 4.69) is 10.3 Å². The molecule has 108 valence electrons. The lowest BCUT2D eigenvalue weighted by atomic mass is 10.1. The van der Waals surface area contributed by atoms with Crippen molar-refractivity contribution in [2.24, 2.45) is 0 Å². The molecule has 2 N–H and O–H groups in total. The van der Waals surface area contributed by atoms with Crippen LogP contribution in [0.5, 0.6) is 5.75 Å². The summed E-state index contributed by atoms with van der Waals surface area (Å²) in [6.07, 6.45) is 1.47. The van der Waals surface area contributed by atoms with Crippen molar-refractivity contribution < 1.29 is 14.6 Å². The first-order valence-electron chi connectivity index (χ1n) is 6.93. The molecular weight excluding hydrogens is 288 g/mol. The van der Waals surface area contributed by atoms with Gasteiger partial charge in [0.1, 0.15) is 18.3 Å². The van der Waals surface area contributed by atoms with Crippen molar-refractivity contribution in [3.63, 3.8) is 0 Å². The van der Waals surface area contributed by atoms with Crippen molar-refractivity contribution in [3.05, 3.63) is 40.4 Å². The van der Waals surface area contributed by atoms with E-state index < -0.39 is 11.9 Å². The van der Waals surface area contributed by atoms with E-state index in [1.54, 1.807) is 11.3 Å². The highest BCUT2D eigenvalue weighted by molar-refractivity contribution is 7.15. The lowest BCUT2D eigenvalue weighted by Crippen LogP contribution is -2.13. The molecule has 1 aliphatic carbocycles. The molecule has 0 bridgehead atoms. The van der Waals surface area contributed by atoms with Crippen LogP contribution in [0.1, 0.15) is 34.5 Å². The van der Waals surface area contributed by atoms with Crippen LogP contribution in [0.15, 0.2) is 24.3 Å². The molecule has 2 atom stereocenters. The quantitative estimate of drug-likeness (QED) is 0.912. The number of aromatic nitrogens is 1. The lowest BCUT2D eigenvalue weighted by molar-refractivity contribution is -0.138. The minimum atomic E-state index is -0.778. The van der Waals surface area contributed by atoms with Gasteiger partial charge in [-0.05, 0) is 18.9 Å². The van der Waals surface area contributed by atoms with E-state index in [1.165, 1.54) is 0 Å². The minimum Gasteiger partial charge on any atom is -0.491 e. The summed E-state index contributed by atoms with van der Waals surface area (Å²) in [5.74, 6) is -0.318. The molecule has 0 spiro atoms. The van der Waals surface area contributed by atoms with Crippen LogP contribution >= 0.6 is 11.3 Å². The lowest BCUT2D eigenvalue weighted by Gasteiger charge is -2.10. The molecule has 0 fully saturated rings. The third-order valence-corrected chi connectivity index (χ3v) is 5.08. The Morgan fingerprint density at radius 1 is 1.43 bits per heavy atom. The fourth-order valence-electron chi connectivity index (χ4n) is 2.96. The number of nitrogens with one attached hydrogen (secondary N) is 1. The standard InChI is InChI=1S/C15H14N2O3S/c18-14(19)9-5-6-12-13(9)17-15(21-12)16-10-7-20-11-4-2-1-3-8(10)11/h1-4,9-10H,5-7H2,(H,16,17)(H,18,19). The molecular formula is C15H14N2O3S. The minimum absolute atomic E-state index is 0.0794. The Labute approximate surface area is 125 Å². The highest BCUT2D eigenvalue weighted by atomic mass is 32.1. The number of fused-ring (bicyclic) bond motifs is 2. The third kappa shape index (κ3) is 2.06. The zero-order valence-corrected chi connectivity index (χ0v) is 12.0. The molecule has 1 aromatic heterocycles. The number of carboxylic acid groups (broad SMARTS) is 1. The number of carbonyl (C=O) groups is 1. The van der Waals surface area contributed by atoms with Crippen LogP contribution in [-0.4, -0.2) is 22.7 Å². The normalized spacial score (nSPS) is 22.5. The Balaban J connectivity index is 1.57. The van der Waals surface area contributed by atoms with E-state index in [4.69, 9.17) is 4.74 Å². The summed E-state index contributed by atoms with van der Waals surface area (Å²) < 4.78 is 5.64. The van der Waals surface area contributed by atoms with Crippen molar-refractivity contribution in [1.29, 1.82) is 0 Å². The molecule has 6 heteroatoms. The Kier molecular flexibility index (Phi) is 2.85. The van der Waals surface area contributed by atoms with Crippen LogP contribution in [0.4, 0.5) is 5.13 Å². The topological polar surface area (TPSA) is 71.5 Å². The predicted molar refractivity (Wildman–Crippen MR) is 79.1 cm³/mol. The van der Waals surface area contributed by atoms with Gasteiger partial charge in [-0.1, -0.05) is 18.2 Å². The number of rotatable bonds is 3. The zero-order chi connectivity index (χ0) is 14.4. The summed E-state index contributed by atoms with van der Waals surface area (Å²) in [6, 6.07) is 8.03. The van der Waals surface area contributed by atoms with Crippen molar-refractivity contribution in [2.75, 3.05) is 11.9 Å². The molecule has 2 aromatic rings. The van der Waals surface area contributed by atoms with Crippen LogP contribution < -0.4 is 10.1 Å². The summed E-state index contributed by atoms with van der Waals surface area (Å²) in [7, 11) is 0. The van der Waals surface area contributed by atoms with Crippen LogP contribution in [0, 0.1) is 0 Å². The number of hydrogen-bond acceptors (Lipinski definition) is 5. The number of aryl methyl sites for hydroxylation is 1. The largest absolute Gasteiger partial charge is 0.491 e. The van der Waals surface area contributed by atoms with Gasteiger partial charge in [0.2, 0.25) is 0 Å². The predicted octanol–water partition coefficient (Wildman–Crippen LogP) is 2.80. The summed E-state index contributed by atoms with van der Waals surface area (Å²) >= 11 is 1.56. The fraction of sp³-hybridized carbons (Fsp3) is 0.333. The van der Waals surface area contributed by atoms with Gasteiger partial charge in [0.25, 0.3) is 0 Å². The van der Waals surface area contributed by atoms with Crippen LogP contribution in [-0.2, 0) is 11.2 Å². The van der Waals surface area contributed by atoms with Gasteiger partial charge in [-0.3, -0.25) is 4.79 Å². The average molecular weight is 302 g/mol. The van der Waals surface area contributed by atoms with E-state index >= 15 is 0 Å². The molecule has 1 aromatic carbocycles. The van der Waals surface area contributed by atoms with Crippen LogP contribution in [0.25, 0.3) is 0 Å². The molecule has 5 nitrogen and oxygen atoms in total. The number of thiazole rings is 1. The first-order valence-corrected chi connectivity index (χ1v) is 7.74. The molecule has 2 unspecified atom stereocenters. The molecule has 1 aliphatic heterocycles. The van der Waals surface area contributed by atoms with Crippen molar-refractivity contribution >= 4 is 22.4 Å². The van der Waals surface area contributed by atoms with Gasteiger partial charge in [-0.15, -0.1) is 11.3 Å². The van der Waals surface area contributed by atoms with Crippen LogP contribution in [0.2, 0.25) is 0 Å². The van der Waals surface area contributed by atoms with Gasteiger partial charge in [-0.25, -0.2) is 4.98 Å². The Morgan fingerprint density at radius 3 is 3.14 bits per heavy atom. The maximum Gasteiger partial charge on any atom is 0.312 e. The number of anilines is 1. The van der Waals surface area contributed by atoms with Gasteiger partial charge in [0.15, 0.2) is 5.13 Å². The number of aliphatic carboxylic acids is 1. The highest BCUT2D eigenvalue weighted by Gasteiger charge is 2.33. The molecule has 21 heavy (non-hydrogen) atoms. The second-order valence-electron chi connectivity index (χ2n) is 5.30. The molecule has 2 heterocycles. The van der Waals surface area contributed by atoms with Crippen LogP contribution in [0.3, 0.4) is 0 Å². The van der Waals surface area contributed by atoms with E-state index in [0.717, 1.165) is 33.4 Å². The zero-order valence-electron chi connectivity index (χ0n) is 11.2. The highest BCUT2D eigenvalue weighted by Crippen LogP contribution is 2.40. The first-order chi connectivity index (χ1) is 10.2. The Hall–Kier alpha value is -2.08. The smallest absolute Gasteiger partial charge is 0.312 e. The maximum absolute atomic E-state index is 11.2. The fourth-order valence-corrected chi connectivity index (χ4v) is 4.05. The summed E-state index contributed by atoms with van der Waals surface area (Å²) in [5.41, 5.74) is 1.87. The number of hydrogen-bond donors (Lipinski definition) is 2. The molecule has 0 saturated carbocycles. The summed E-state index contributed by atoms with van der Waals surface area (Å²) in [4.78, 5) is 16.8. The Bertz CT molecular complexity index is 713. The average Bonchev–Trinajstić information content (AvgIpc) is 3.13. The van der Waals surface area contributed by atoms with Crippen molar-refractivity contribution in [3.8, 4) is 5.75 Å².